The minimum atomic E-state index is -1.07. The van der Waals surface area contributed by atoms with E-state index in [4.69, 9.17) is 21.8 Å². The highest BCUT2D eigenvalue weighted by atomic mass is 35.5. The largest absolute Gasteiger partial charge is 0.480 e. The molecule has 0 bridgehead atoms. The van der Waals surface area contributed by atoms with E-state index < -0.39 is 24.0 Å². The smallest absolute Gasteiger partial charge is 0.320 e. The second-order valence-corrected chi connectivity index (χ2v) is 4.72. The molecule has 19 heavy (non-hydrogen) atoms. The molecule has 0 saturated heterocycles. The first-order valence-electron chi connectivity index (χ1n) is 5.86. The van der Waals surface area contributed by atoms with Crippen LogP contribution in [-0.2, 0) is 16.0 Å². The first-order valence-corrected chi connectivity index (χ1v) is 6.24. The zero-order chi connectivity index (χ0) is 14.4. The third-order valence-corrected chi connectivity index (χ3v) is 3.01. The van der Waals surface area contributed by atoms with Crippen LogP contribution >= 0.6 is 11.6 Å². The lowest BCUT2D eigenvalue weighted by molar-refractivity contribution is -0.142. The summed E-state index contributed by atoms with van der Waals surface area (Å²) in [7, 11) is 0. The van der Waals surface area contributed by atoms with Crippen molar-refractivity contribution in [3.05, 3.63) is 34.9 Å². The number of aliphatic carboxylic acids is 2. The lowest BCUT2D eigenvalue weighted by Crippen LogP contribution is -2.45. The summed E-state index contributed by atoms with van der Waals surface area (Å²) in [6.45, 7) is 1.42. The fourth-order valence-corrected chi connectivity index (χ4v) is 1.74. The van der Waals surface area contributed by atoms with Gasteiger partial charge in [-0.15, -0.1) is 0 Å². The molecule has 104 valence electrons. The topological polar surface area (TPSA) is 86.6 Å². The summed E-state index contributed by atoms with van der Waals surface area (Å²) in [6, 6.07) is 5.33. The maximum Gasteiger partial charge on any atom is 0.320 e. The maximum absolute atomic E-state index is 11.1. The highest BCUT2D eigenvalue weighted by molar-refractivity contribution is 6.30. The molecule has 0 aliphatic heterocycles. The molecule has 0 aliphatic carbocycles. The number of halogens is 1. The lowest BCUT2D eigenvalue weighted by Gasteiger charge is -2.17. The SMILES string of the molecule is C[C@@H](N[C@@H](CCc1ccc(Cl)cc1)C(=O)O)C(=O)O. The van der Waals surface area contributed by atoms with Gasteiger partial charge in [0.25, 0.3) is 0 Å². The second kappa shape index (κ2) is 7.11. The molecule has 3 N–H and O–H groups in total. The Bertz CT molecular complexity index is 446. The summed E-state index contributed by atoms with van der Waals surface area (Å²) in [5.41, 5.74) is 0.959. The number of hydrogen-bond donors (Lipinski definition) is 3. The molecule has 2 atom stereocenters. The molecule has 0 aromatic heterocycles. The minimum Gasteiger partial charge on any atom is -0.480 e. The van der Waals surface area contributed by atoms with Crippen molar-refractivity contribution in [2.75, 3.05) is 0 Å². The van der Waals surface area contributed by atoms with E-state index in [1.165, 1.54) is 6.92 Å². The van der Waals surface area contributed by atoms with Gasteiger partial charge >= 0.3 is 11.9 Å². The number of carbonyl (C=O) groups is 2. The van der Waals surface area contributed by atoms with Crippen LogP contribution < -0.4 is 5.32 Å². The number of benzene rings is 1. The molecule has 0 amide bonds. The van der Waals surface area contributed by atoms with Gasteiger partial charge in [0.15, 0.2) is 0 Å². The molecule has 0 saturated carbocycles. The normalized spacial score (nSPS) is 13.8. The van der Waals surface area contributed by atoms with Gasteiger partial charge in [-0.1, -0.05) is 23.7 Å². The minimum absolute atomic E-state index is 0.314. The van der Waals surface area contributed by atoms with Crippen LogP contribution in [0, 0.1) is 0 Å². The molecule has 0 unspecified atom stereocenters. The number of hydrogen-bond acceptors (Lipinski definition) is 3. The number of carboxylic acid groups (broad SMARTS) is 2. The highest BCUT2D eigenvalue weighted by Gasteiger charge is 2.22. The van der Waals surface area contributed by atoms with Crippen LogP contribution in [0.15, 0.2) is 24.3 Å². The first kappa shape index (κ1) is 15.5. The molecule has 1 rings (SSSR count). The molecule has 1 aromatic carbocycles. The van der Waals surface area contributed by atoms with Crippen LogP contribution in [0.2, 0.25) is 5.02 Å². The summed E-state index contributed by atoms with van der Waals surface area (Å²) in [5.74, 6) is -2.13. The summed E-state index contributed by atoms with van der Waals surface area (Å²) in [5, 5.41) is 21.0. The molecular formula is C13H16ClNO4. The van der Waals surface area contributed by atoms with E-state index in [2.05, 4.69) is 5.32 Å². The Hall–Kier alpha value is -1.59. The Morgan fingerprint density at radius 3 is 2.26 bits per heavy atom. The van der Waals surface area contributed by atoms with Crippen LogP contribution in [0.3, 0.4) is 0 Å². The fraction of sp³-hybridized carbons (Fsp3) is 0.385. The zero-order valence-corrected chi connectivity index (χ0v) is 11.2. The zero-order valence-electron chi connectivity index (χ0n) is 10.5. The fourth-order valence-electron chi connectivity index (χ4n) is 1.61. The van der Waals surface area contributed by atoms with Crippen molar-refractivity contribution >= 4 is 23.5 Å². The van der Waals surface area contributed by atoms with E-state index in [9.17, 15) is 9.59 Å². The van der Waals surface area contributed by atoms with Gasteiger partial charge < -0.3 is 10.2 Å². The van der Waals surface area contributed by atoms with Gasteiger partial charge in [-0.3, -0.25) is 14.9 Å². The second-order valence-electron chi connectivity index (χ2n) is 4.28. The highest BCUT2D eigenvalue weighted by Crippen LogP contribution is 2.12. The van der Waals surface area contributed by atoms with Gasteiger partial charge in [-0.25, -0.2) is 0 Å². The quantitative estimate of drug-likeness (QED) is 0.711. The van der Waals surface area contributed by atoms with E-state index in [-0.39, 0.29) is 0 Å². The average molecular weight is 286 g/mol. The molecule has 6 heteroatoms. The Labute approximate surface area is 116 Å². The summed E-state index contributed by atoms with van der Waals surface area (Å²) < 4.78 is 0. The molecule has 1 aromatic rings. The average Bonchev–Trinajstić information content (AvgIpc) is 2.35. The van der Waals surface area contributed by atoms with Gasteiger partial charge in [0.2, 0.25) is 0 Å². The molecule has 0 heterocycles. The number of nitrogens with one attached hydrogen (secondary N) is 1. The van der Waals surface area contributed by atoms with E-state index in [1.807, 2.05) is 12.1 Å². The van der Waals surface area contributed by atoms with Gasteiger partial charge in [-0.2, -0.15) is 0 Å². The van der Waals surface area contributed by atoms with Crippen molar-refractivity contribution in [3.8, 4) is 0 Å². The van der Waals surface area contributed by atoms with Gasteiger partial charge in [-0.05, 0) is 37.5 Å². The van der Waals surface area contributed by atoms with E-state index >= 15 is 0 Å². The van der Waals surface area contributed by atoms with Crippen molar-refractivity contribution in [2.24, 2.45) is 0 Å². The van der Waals surface area contributed by atoms with Crippen molar-refractivity contribution in [2.45, 2.75) is 31.8 Å². The molecular weight excluding hydrogens is 270 g/mol. The first-order chi connectivity index (χ1) is 8.90. The van der Waals surface area contributed by atoms with Crippen molar-refractivity contribution in [3.63, 3.8) is 0 Å². The third kappa shape index (κ3) is 5.28. The van der Waals surface area contributed by atoms with Crippen molar-refractivity contribution in [1.29, 1.82) is 0 Å². The molecule has 0 radical (unpaired) electrons. The number of carboxylic acids is 2. The van der Waals surface area contributed by atoms with E-state index in [1.54, 1.807) is 12.1 Å². The van der Waals surface area contributed by atoms with E-state index in [0.29, 0.717) is 17.9 Å². The van der Waals surface area contributed by atoms with Crippen LogP contribution in [0.4, 0.5) is 0 Å². The van der Waals surface area contributed by atoms with Crippen LogP contribution in [0.1, 0.15) is 18.9 Å². The standard InChI is InChI=1S/C13H16ClNO4/c1-8(12(16)17)15-11(13(18)19)7-4-9-2-5-10(14)6-3-9/h2-3,5-6,8,11,15H,4,7H2,1H3,(H,16,17)(H,18,19)/t8-,11+/m1/s1. The molecule has 0 aliphatic rings. The Balaban J connectivity index is 2.57. The van der Waals surface area contributed by atoms with Crippen LogP contribution in [0.25, 0.3) is 0 Å². The predicted molar refractivity (Wildman–Crippen MR) is 71.4 cm³/mol. The molecule has 0 fully saturated rings. The Morgan fingerprint density at radius 1 is 1.21 bits per heavy atom. The van der Waals surface area contributed by atoms with Crippen molar-refractivity contribution in [1.82, 2.24) is 5.32 Å². The third-order valence-electron chi connectivity index (χ3n) is 2.75. The monoisotopic (exact) mass is 285 g/mol. The summed E-state index contributed by atoms with van der Waals surface area (Å²) in [4.78, 5) is 21.8. The van der Waals surface area contributed by atoms with Crippen LogP contribution in [-0.4, -0.2) is 34.2 Å². The van der Waals surface area contributed by atoms with Gasteiger partial charge in [0.1, 0.15) is 12.1 Å². The van der Waals surface area contributed by atoms with Gasteiger partial charge in [0.05, 0.1) is 0 Å². The van der Waals surface area contributed by atoms with Gasteiger partial charge in [0, 0.05) is 5.02 Å². The maximum atomic E-state index is 11.1. The molecule has 5 nitrogen and oxygen atoms in total. The summed E-state index contributed by atoms with van der Waals surface area (Å²) in [6.07, 6.45) is 0.849. The summed E-state index contributed by atoms with van der Waals surface area (Å²) >= 11 is 5.76. The predicted octanol–water partition coefficient (Wildman–Crippen LogP) is 1.79. The van der Waals surface area contributed by atoms with Crippen LogP contribution in [0.5, 0.6) is 0 Å². The Morgan fingerprint density at radius 2 is 1.79 bits per heavy atom. The van der Waals surface area contributed by atoms with E-state index in [0.717, 1.165) is 5.56 Å². The number of rotatable bonds is 7. The molecule has 0 spiro atoms. The van der Waals surface area contributed by atoms with Crippen molar-refractivity contribution < 1.29 is 19.8 Å². The Kier molecular flexibility index (Phi) is 5.79. The lowest BCUT2D eigenvalue weighted by atomic mass is 10.0. The number of aryl methyl sites for hydroxylation is 1.